The van der Waals surface area contributed by atoms with Crippen molar-refractivity contribution in [2.24, 2.45) is 0 Å². The maximum absolute atomic E-state index is 12.7. The molecule has 6 nitrogen and oxygen atoms in total. The molecule has 1 aliphatic heterocycles. The summed E-state index contributed by atoms with van der Waals surface area (Å²) in [7, 11) is 0. The molecule has 7 heteroatoms. The molecule has 0 radical (unpaired) electrons. The molecule has 2 aromatic rings. The fraction of sp³-hybridized carbons (Fsp3) is 0.458. The van der Waals surface area contributed by atoms with Crippen LogP contribution in [0, 0.1) is 11.3 Å². The molecule has 0 saturated carbocycles. The van der Waals surface area contributed by atoms with Gasteiger partial charge in [-0.3, -0.25) is 14.5 Å². The normalized spacial score (nSPS) is 16.8. The molecule has 0 unspecified atom stereocenters. The molecule has 0 bridgehead atoms. The van der Waals surface area contributed by atoms with Crippen molar-refractivity contribution in [1.29, 1.82) is 5.26 Å². The van der Waals surface area contributed by atoms with Crippen LogP contribution in [0.3, 0.4) is 0 Å². The molecule has 31 heavy (non-hydrogen) atoms. The number of benzene rings is 1. The number of carbonyl (C=O) groups is 2. The lowest BCUT2D eigenvalue weighted by Gasteiger charge is -2.35. The van der Waals surface area contributed by atoms with Gasteiger partial charge in [0, 0.05) is 42.3 Å². The lowest BCUT2D eigenvalue weighted by atomic mass is 10.1. The Balaban J connectivity index is 1.32. The molecule has 1 amide bonds. The van der Waals surface area contributed by atoms with Gasteiger partial charge in [-0.1, -0.05) is 6.42 Å². The summed E-state index contributed by atoms with van der Waals surface area (Å²) in [4.78, 5) is 29.8. The van der Waals surface area contributed by atoms with Crippen LogP contribution in [0.25, 0.3) is 0 Å². The Kier molecular flexibility index (Phi) is 6.69. The second-order valence-corrected chi connectivity index (χ2v) is 9.40. The molecule has 1 fully saturated rings. The summed E-state index contributed by atoms with van der Waals surface area (Å²) in [5.74, 6) is 0.0243. The Morgan fingerprint density at radius 2 is 1.77 bits per heavy atom. The van der Waals surface area contributed by atoms with E-state index in [9.17, 15) is 14.9 Å². The summed E-state index contributed by atoms with van der Waals surface area (Å²) in [5, 5.41) is 13.4. The Hall–Kier alpha value is -2.69. The van der Waals surface area contributed by atoms with Crippen molar-refractivity contribution in [2.75, 3.05) is 42.9 Å². The maximum atomic E-state index is 12.7. The quantitative estimate of drug-likeness (QED) is 0.569. The minimum Gasteiger partial charge on any atom is -0.369 e. The topological polar surface area (TPSA) is 76.4 Å². The van der Waals surface area contributed by atoms with E-state index in [-0.39, 0.29) is 11.7 Å². The molecule has 1 aliphatic carbocycles. The number of aryl methyl sites for hydroxylation is 1. The van der Waals surface area contributed by atoms with Gasteiger partial charge in [0.05, 0.1) is 12.1 Å². The van der Waals surface area contributed by atoms with Crippen LogP contribution in [0.1, 0.15) is 52.5 Å². The first-order valence-corrected chi connectivity index (χ1v) is 11.8. The third-order valence-electron chi connectivity index (χ3n) is 6.16. The highest BCUT2D eigenvalue weighted by molar-refractivity contribution is 7.16. The van der Waals surface area contributed by atoms with Gasteiger partial charge >= 0.3 is 0 Å². The van der Waals surface area contributed by atoms with Crippen LogP contribution in [0.2, 0.25) is 0 Å². The number of piperazine rings is 1. The number of nitriles is 1. The first kappa shape index (κ1) is 21.5. The van der Waals surface area contributed by atoms with E-state index in [1.54, 1.807) is 18.3 Å². The van der Waals surface area contributed by atoms with E-state index in [0.29, 0.717) is 12.1 Å². The van der Waals surface area contributed by atoms with Gasteiger partial charge in [0.15, 0.2) is 5.78 Å². The van der Waals surface area contributed by atoms with Crippen LogP contribution >= 0.6 is 11.3 Å². The Labute approximate surface area is 187 Å². The third kappa shape index (κ3) is 4.97. The molecule has 1 N–H and O–H groups in total. The van der Waals surface area contributed by atoms with E-state index in [4.69, 9.17) is 0 Å². The second kappa shape index (κ2) is 9.63. The van der Waals surface area contributed by atoms with Gasteiger partial charge in [0.1, 0.15) is 11.1 Å². The minimum atomic E-state index is -0.0489. The SMILES string of the molecule is CC(=O)c1ccc(N2CCN(CC(=O)Nc3sc4c(c3C#N)CCCCC4)CC2)cc1. The second-order valence-electron chi connectivity index (χ2n) is 8.29. The largest absolute Gasteiger partial charge is 0.369 e. The first-order valence-electron chi connectivity index (χ1n) is 11.0. The zero-order chi connectivity index (χ0) is 21.8. The minimum absolute atomic E-state index is 0.0489. The van der Waals surface area contributed by atoms with Crippen molar-refractivity contribution in [3.05, 3.63) is 45.8 Å². The van der Waals surface area contributed by atoms with E-state index in [1.807, 2.05) is 24.3 Å². The Bertz CT molecular complexity index is 998. The van der Waals surface area contributed by atoms with Gasteiger partial charge in [-0.2, -0.15) is 5.26 Å². The average molecular weight is 437 g/mol. The van der Waals surface area contributed by atoms with Crippen LogP contribution in [0.4, 0.5) is 10.7 Å². The number of hydrogen-bond acceptors (Lipinski definition) is 6. The van der Waals surface area contributed by atoms with Crippen LogP contribution in [-0.4, -0.2) is 49.3 Å². The van der Waals surface area contributed by atoms with Gasteiger partial charge < -0.3 is 10.2 Å². The maximum Gasteiger partial charge on any atom is 0.239 e. The number of hydrogen-bond donors (Lipinski definition) is 1. The van der Waals surface area contributed by atoms with E-state index < -0.39 is 0 Å². The fourth-order valence-electron chi connectivity index (χ4n) is 4.39. The number of amides is 1. The molecular weight excluding hydrogens is 408 g/mol. The van der Waals surface area contributed by atoms with Crippen LogP contribution in [0.5, 0.6) is 0 Å². The van der Waals surface area contributed by atoms with Gasteiger partial charge in [0.2, 0.25) is 5.91 Å². The average Bonchev–Trinajstić information content (AvgIpc) is 2.93. The number of ketones is 1. The summed E-state index contributed by atoms with van der Waals surface area (Å²) < 4.78 is 0. The van der Waals surface area contributed by atoms with Crippen molar-refractivity contribution in [3.8, 4) is 6.07 Å². The predicted octanol–water partition coefficient (Wildman–Crippen LogP) is 3.85. The monoisotopic (exact) mass is 436 g/mol. The number of carbonyl (C=O) groups excluding carboxylic acids is 2. The van der Waals surface area contributed by atoms with Crippen molar-refractivity contribution in [1.82, 2.24) is 4.90 Å². The van der Waals surface area contributed by atoms with Crippen molar-refractivity contribution < 1.29 is 9.59 Å². The fourth-order valence-corrected chi connectivity index (χ4v) is 5.65. The highest BCUT2D eigenvalue weighted by Crippen LogP contribution is 2.37. The zero-order valence-electron chi connectivity index (χ0n) is 17.9. The zero-order valence-corrected chi connectivity index (χ0v) is 18.8. The summed E-state index contributed by atoms with van der Waals surface area (Å²) in [6, 6.07) is 10.0. The molecule has 1 saturated heterocycles. The third-order valence-corrected chi connectivity index (χ3v) is 7.37. The number of thiophene rings is 1. The number of Topliss-reactive ketones (excluding diaryl/α,β-unsaturated/α-hetero) is 1. The van der Waals surface area contributed by atoms with Gasteiger partial charge in [0.25, 0.3) is 0 Å². The Morgan fingerprint density at radius 3 is 2.45 bits per heavy atom. The van der Waals surface area contributed by atoms with E-state index in [2.05, 4.69) is 21.2 Å². The molecule has 4 rings (SSSR count). The van der Waals surface area contributed by atoms with Gasteiger partial charge in [-0.25, -0.2) is 0 Å². The standard InChI is InChI=1S/C24H28N4O2S/c1-17(29)18-7-9-19(10-8-18)28-13-11-27(12-14-28)16-23(30)26-24-21(15-25)20-5-3-2-4-6-22(20)31-24/h7-10H,2-6,11-14,16H2,1H3,(H,26,30). The molecule has 1 aromatic carbocycles. The predicted molar refractivity (Wildman–Crippen MR) is 124 cm³/mol. The summed E-state index contributed by atoms with van der Waals surface area (Å²) in [5.41, 5.74) is 3.66. The van der Waals surface area contributed by atoms with Crippen LogP contribution in [0.15, 0.2) is 24.3 Å². The lowest BCUT2D eigenvalue weighted by Crippen LogP contribution is -2.48. The lowest BCUT2D eigenvalue weighted by molar-refractivity contribution is -0.117. The van der Waals surface area contributed by atoms with Crippen LogP contribution < -0.4 is 10.2 Å². The molecule has 1 aromatic heterocycles. The van der Waals surface area contributed by atoms with Crippen molar-refractivity contribution in [3.63, 3.8) is 0 Å². The summed E-state index contributed by atoms with van der Waals surface area (Å²) >= 11 is 1.59. The highest BCUT2D eigenvalue weighted by atomic mass is 32.1. The Morgan fingerprint density at radius 1 is 1.06 bits per heavy atom. The number of anilines is 2. The smallest absolute Gasteiger partial charge is 0.239 e. The highest BCUT2D eigenvalue weighted by Gasteiger charge is 2.23. The molecule has 2 heterocycles. The molecule has 0 spiro atoms. The van der Waals surface area contributed by atoms with Crippen LogP contribution in [-0.2, 0) is 17.6 Å². The molecule has 162 valence electrons. The molecular formula is C24H28N4O2S. The summed E-state index contributed by atoms with van der Waals surface area (Å²) in [6.45, 7) is 5.19. The number of nitrogens with one attached hydrogen (secondary N) is 1. The van der Waals surface area contributed by atoms with Crippen molar-refractivity contribution >= 4 is 33.7 Å². The molecule has 0 atom stereocenters. The van der Waals surface area contributed by atoms with E-state index in [0.717, 1.165) is 73.7 Å². The number of fused-ring (bicyclic) bond motifs is 1. The van der Waals surface area contributed by atoms with Gasteiger partial charge in [-0.05, 0) is 62.4 Å². The first-order chi connectivity index (χ1) is 15.0. The number of rotatable bonds is 5. The summed E-state index contributed by atoms with van der Waals surface area (Å²) in [6.07, 6.45) is 5.45. The number of nitrogens with zero attached hydrogens (tertiary/aromatic N) is 3. The van der Waals surface area contributed by atoms with E-state index >= 15 is 0 Å². The van der Waals surface area contributed by atoms with Crippen molar-refractivity contribution in [2.45, 2.75) is 39.0 Å². The van der Waals surface area contributed by atoms with Gasteiger partial charge in [-0.15, -0.1) is 11.3 Å². The van der Waals surface area contributed by atoms with E-state index in [1.165, 1.54) is 11.3 Å². The molecule has 2 aliphatic rings.